The van der Waals surface area contributed by atoms with Crippen LogP contribution in [-0.4, -0.2) is 11.9 Å². The summed E-state index contributed by atoms with van der Waals surface area (Å²) in [5.74, 6) is -3.70. The Bertz CT molecular complexity index is 495. The predicted molar refractivity (Wildman–Crippen MR) is 69.7 cm³/mol. The molecule has 0 aliphatic heterocycles. The first kappa shape index (κ1) is 14.9. The molecule has 20 heavy (non-hydrogen) atoms. The van der Waals surface area contributed by atoms with Crippen LogP contribution >= 0.6 is 0 Å². The normalized spacial score (nSPS) is 26.4. The number of carbonyl (C=O) groups is 1. The summed E-state index contributed by atoms with van der Waals surface area (Å²) in [5.41, 5.74) is -0.187. The molecule has 110 valence electrons. The molecule has 5 heteroatoms. The van der Waals surface area contributed by atoms with E-state index in [-0.39, 0.29) is 11.6 Å². The van der Waals surface area contributed by atoms with E-state index in [1.807, 2.05) is 0 Å². The number of nitrogens with one attached hydrogen (secondary N) is 1. The van der Waals surface area contributed by atoms with Gasteiger partial charge in [0, 0.05) is 11.6 Å². The van der Waals surface area contributed by atoms with Gasteiger partial charge in [-0.05, 0) is 43.2 Å². The van der Waals surface area contributed by atoms with Gasteiger partial charge in [-0.15, -0.1) is 0 Å². The van der Waals surface area contributed by atoms with E-state index in [1.54, 1.807) is 0 Å². The maximum atomic E-state index is 13.1. The molecular weight excluding hydrogens is 267 g/mol. The quantitative estimate of drug-likeness (QED) is 0.826. The molecule has 1 aromatic carbocycles. The Hall–Kier alpha value is -1.52. The Balaban J connectivity index is 2.05. The van der Waals surface area contributed by atoms with Crippen LogP contribution in [0.2, 0.25) is 0 Å². The van der Waals surface area contributed by atoms with Gasteiger partial charge in [0.25, 0.3) is 5.91 Å². The predicted octanol–water partition coefficient (Wildman–Crippen LogP) is 3.66. The first-order chi connectivity index (χ1) is 9.38. The second-order valence-electron chi connectivity index (χ2n) is 5.69. The molecular formula is C15H18F3NO. The smallest absolute Gasteiger partial charge is 0.251 e. The molecule has 0 bridgehead atoms. The number of benzene rings is 1. The first-order valence-corrected chi connectivity index (χ1v) is 6.84. The Morgan fingerprint density at radius 2 is 1.70 bits per heavy atom. The van der Waals surface area contributed by atoms with Crippen LogP contribution in [-0.2, 0) is 0 Å². The topological polar surface area (TPSA) is 29.1 Å². The monoisotopic (exact) mass is 285 g/mol. The molecule has 1 aliphatic carbocycles. The summed E-state index contributed by atoms with van der Waals surface area (Å²) in [6, 6.07) is 1.45. The Labute approximate surface area is 116 Å². The number of amides is 1. The summed E-state index contributed by atoms with van der Waals surface area (Å²) >= 11 is 0. The molecule has 1 aromatic rings. The number of halogens is 3. The lowest BCUT2D eigenvalue weighted by Crippen LogP contribution is -2.39. The summed E-state index contributed by atoms with van der Waals surface area (Å²) < 4.78 is 39.0. The van der Waals surface area contributed by atoms with Crippen LogP contribution in [0.3, 0.4) is 0 Å². The fourth-order valence-corrected chi connectivity index (χ4v) is 2.63. The van der Waals surface area contributed by atoms with E-state index in [2.05, 4.69) is 19.2 Å². The van der Waals surface area contributed by atoms with Gasteiger partial charge in [-0.1, -0.05) is 13.8 Å². The van der Waals surface area contributed by atoms with E-state index in [4.69, 9.17) is 0 Å². The molecule has 3 atom stereocenters. The van der Waals surface area contributed by atoms with Crippen LogP contribution < -0.4 is 5.32 Å². The molecule has 1 saturated carbocycles. The van der Waals surface area contributed by atoms with Crippen molar-refractivity contribution in [1.82, 2.24) is 5.32 Å². The van der Waals surface area contributed by atoms with Crippen molar-refractivity contribution in [1.29, 1.82) is 0 Å². The van der Waals surface area contributed by atoms with Crippen molar-refractivity contribution in [2.24, 2.45) is 11.8 Å². The highest BCUT2D eigenvalue weighted by Gasteiger charge is 2.26. The third kappa shape index (κ3) is 3.14. The van der Waals surface area contributed by atoms with Crippen LogP contribution in [0.15, 0.2) is 12.1 Å². The van der Waals surface area contributed by atoms with Crippen molar-refractivity contribution in [3.05, 3.63) is 35.1 Å². The molecule has 0 spiro atoms. The highest BCUT2D eigenvalue weighted by Crippen LogP contribution is 2.29. The van der Waals surface area contributed by atoms with Crippen molar-refractivity contribution in [2.45, 2.75) is 39.2 Å². The van der Waals surface area contributed by atoms with E-state index >= 15 is 0 Å². The second kappa shape index (κ2) is 5.85. The molecule has 2 nitrogen and oxygen atoms in total. The molecule has 0 radical (unpaired) electrons. The summed E-state index contributed by atoms with van der Waals surface area (Å²) in [4.78, 5) is 11.9. The Kier molecular flexibility index (Phi) is 4.35. The molecule has 1 aliphatic rings. The maximum Gasteiger partial charge on any atom is 0.251 e. The van der Waals surface area contributed by atoms with Crippen LogP contribution in [0.5, 0.6) is 0 Å². The fourth-order valence-electron chi connectivity index (χ4n) is 2.63. The third-order valence-electron chi connectivity index (χ3n) is 4.18. The average Bonchev–Trinajstić information content (AvgIpc) is 2.39. The summed E-state index contributed by atoms with van der Waals surface area (Å²) in [5, 5.41) is 2.77. The highest BCUT2D eigenvalue weighted by molar-refractivity contribution is 5.94. The van der Waals surface area contributed by atoms with Gasteiger partial charge < -0.3 is 5.32 Å². The van der Waals surface area contributed by atoms with Crippen LogP contribution in [0.1, 0.15) is 43.5 Å². The number of rotatable bonds is 2. The van der Waals surface area contributed by atoms with E-state index in [0.717, 1.165) is 31.4 Å². The van der Waals surface area contributed by atoms with Gasteiger partial charge in [0.05, 0.1) is 0 Å². The van der Waals surface area contributed by atoms with Gasteiger partial charge in [0.15, 0.2) is 17.5 Å². The van der Waals surface area contributed by atoms with E-state index in [1.165, 1.54) is 0 Å². The van der Waals surface area contributed by atoms with E-state index in [0.29, 0.717) is 11.8 Å². The summed E-state index contributed by atoms with van der Waals surface area (Å²) in [7, 11) is 0. The van der Waals surface area contributed by atoms with Crippen molar-refractivity contribution in [2.75, 3.05) is 0 Å². The van der Waals surface area contributed by atoms with Gasteiger partial charge in [0.1, 0.15) is 0 Å². The van der Waals surface area contributed by atoms with E-state index < -0.39 is 23.4 Å². The second-order valence-corrected chi connectivity index (χ2v) is 5.69. The largest absolute Gasteiger partial charge is 0.349 e. The SMILES string of the molecule is CC1CCC(NC(=O)c2cc(F)c(F)c(F)c2)CC1C. The van der Waals surface area contributed by atoms with Gasteiger partial charge >= 0.3 is 0 Å². The maximum absolute atomic E-state index is 13.1. The Morgan fingerprint density at radius 3 is 2.25 bits per heavy atom. The Morgan fingerprint density at radius 1 is 1.10 bits per heavy atom. The molecule has 0 aromatic heterocycles. The third-order valence-corrected chi connectivity index (χ3v) is 4.18. The van der Waals surface area contributed by atoms with Crippen molar-refractivity contribution < 1.29 is 18.0 Å². The molecule has 0 heterocycles. The lowest BCUT2D eigenvalue weighted by Gasteiger charge is -2.32. The zero-order valence-electron chi connectivity index (χ0n) is 11.6. The molecule has 1 fully saturated rings. The first-order valence-electron chi connectivity index (χ1n) is 6.84. The van der Waals surface area contributed by atoms with Gasteiger partial charge in [-0.25, -0.2) is 13.2 Å². The fraction of sp³-hybridized carbons (Fsp3) is 0.533. The minimum Gasteiger partial charge on any atom is -0.349 e. The van der Waals surface area contributed by atoms with Gasteiger partial charge in [-0.2, -0.15) is 0 Å². The highest BCUT2D eigenvalue weighted by atomic mass is 19.2. The number of hydrogen-bond acceptors (Lipinski definition) is 1. The standard InChI is InChI=1S/C15H18F3NO/c1-8-3-4-11(5-9(8)2)19-15(20)10-6-12(16)14(18)13(17)7-10/h6-9,11H,3-5H2,1-2H3,(H,19,20). The van der Waals surface area contributed by atoms with Crippen LogP contribution in [0.4, 0.5) is 13.2 Å². The minimum atomic E-state index is -1.55. The van der Waals surface area contributed by atoms with Crippen molar-refractivity contribution >= 4 is 5.91 Å². The van der Waals surface area contributed by atoms with Gasteiger partial charge in [-0.3, -0.25) is 4.79 Å². The zero-order chi connectivity index (χ0) is 14.9. The van der Waals surface area contributed by atoms with Crippen molar-refractivity contribution in [3.63, 3.8) is 0 Å². The zero-order valence-corrected chi connectivity index (χ0v) is 11.6. The number of hydrogen-bond donors (Lipinski definition) is 1. The minimum absolute atomic E-state index is 0.00451. The average molecular weight is 285 g/mol. The van der Waals surface area contributed by atoms with E-state index in [9.17, 15) is 18.0 Å². The summed E-state index contributed by atoms with van der Waals surface area (Å²) in [6.07, 6.45) is 2.71. The van der Waals surface area contributed by atoms with Crippen molar-refractivity contribution in [3.8, 4) is 0 Å². The summed E-state index contributed by atoms with van der Waals surface area (Å²) in [6.45, 7) is 4.30. The lowest BCUT2D eigenvalue weighted by atomic mass is 9.79. The molecule has 1 amide bonds. The van der Waals surface area contributed by atoms with Gasteiger partial charge in [0.2, 0.25) is 0 Å². The number of carbonyl (C=O) groups excluding carboxylic acids is 1. The molecule has 1 N–H and O–H groups in total. The lowest BCUT2D eigenvalue weighted by molar-refractivity contribution is 0.0909. The van der Waals surface area contributed by atoms with Crippen LogP contribution in [0, 0.1) is 29.3 Å². The molecule has 2 rings (SSSR count). The molecule has 0 saturated heterocycles. The molecule has 3 unspecified atom stereocenters. The van der Waals surface area contributed by atoms with Crippen LogP contribution in [0.25, 0.3) is 0 Å².